The first-order valence-electron chi connectivity index (χ1n) is 9.28. The lowest BCUT2D eigenvalue weighted by Crippen LogP contribution is -2.13. The SMILES string of the molecule is CC(=O)c1cc(C2=N\C=C/C=C/C=C\2)c2cc(S(=O)(=O)Nc3ccccc3)ccn12. The van der Waals surface area contributed by atoms with Gasteiger partial charge >= 0.3 is 0 Å². The second-order valence-corrected chi connectivity index (χ2v) is 8.37. The van der Waals surface area contributed by atoms with Gasteiger partial charge in [-0.25, -0.2) is 8.42 Å². The Kier molecular flexibility index (Phi) is 5.20. The third kappa shape index (κ3) is 3.88. The highest BCUT2D eigenvalue weighted by molar-refractivity contribution is 7.92. The number of ketones is 1. The van der Waals surface area contributed by atoms with Gasteiger partial charge in [0.05, 0.1) is 21.8 Å². The summed E-state index contributed by atoms with van der Waals surface area (Å²) in [6.45, 7) is 1.48. The monoisotopic (exact) mass is 417 g/mol. The molecule has 0 fully saturated rings. The minimum absolute atomic E-state index is 0.0965. The molecule has 0 bridgehead atoms. The number of nitrogens with zero attached hydrogens (tertiary/aromatic N) is 2. The number of aromatic nitrogens is 1. The Morgan fingerprint density at radius 3 is 2.53 bits per heavy atom. The number of benzene rings is 1. The van der Waals surface area contributed by atoms with Crippen molar-refractivity contribution in [2.24, 2.45) is 4.99 Å². The highest BCUT2D eigenvalue weighted by atomic mass is 32.2. The van der Waals surface area contributed by atoms with E-state index in [2.05, 4.69) is 9.71 Å². The van der Waals surface area contributed by atoms with E-state index < -0.39 is 10.0 Å². The van der Waals surface area contributed by atoms with E-state index in [1.165, 1.54) is 13.0 Å². The second-order valence-electron chi connectivity index (χ2n) is 6.69. The number of hydrogen-bond donors (Lipinski definition) is 1. The Bertz CT molecular complexity index is 1350. The van der Waals surface area contributed by atoms with Crippen LogP contribution in [0.15, 0.2) is 101 Å². The van der Waals surface area contributed by atoms with Crippen LogP contribution in [0.3, 0.4) is 0 Å². The molecule has 30 heavy (non-hydrogen) atoms. The van der Waals surface area contributed by atoms with Gasteiger partial charge in [-0.3, -0.25) is 14.5 Å². The van der Waals surface area contributed by atoms with Gasteiger partial charge in [-0.1, -0.05) is 36.4 Å². The van der Waals surface area contributed by atoms with Gasteiger partial charge in [-0.2, -0.15) is 0 Å². The maximum absolute atomic E-state index is 12.9. The van der Waals surface area contributed by atoms with E-state index >= 15 is 0 Å². The topological polar surface area (TPSA) is 80.0 Å². The Labute approximate surface area is 174 Å². The van der Waals surface area contributed by atoms with Crippen molar-refractivity contribution in [1.82, 2.24) is 4.40 Å². The minimum atomic E-state index is -3.81. The van der Waals surface area contributed by atoms with Crippen LogP contribution in [0.1, 0.15) is 23.0 Å². The fraction of sp³-hybridized carbons (Fsp3) is 0.0435. The Morgan fingerprint density at radius 2 is 1.77 bits per heavy atom. The maximum Gasteiger partial charge on any atom is 0.262 e. The fourth-order valence-electron chi connectivity index (χ4n) is 3.19. The summed E-state index contributed by atoms with van der Waals surface area (Å²) in [6, 6.07) is 13.5. The first-order valence-corrected chi connectivity index (χ1v) is 10.8. The quantitative estimate of drug-likeness (QED) is 0.626. The van der Waals surface area contributed by atoms with E-state index in [1.807, 2.05) is 30.4 Å². The summed E-state index contributed by atoms with van der Waals surface area (Å²) in [5.74, 6) is -0.125. The van der Waals surface area contributed by atoms with Crippen LogP contribution in [0.2, 0.25) is 0 Å². The van der Waals surface area contributed by atoms with E-state index in [0.717, 1.165) is 0 Å². The maximum atomic E-state index is 12.9. The molecule has 6 nitrogen and oxygen atoms in total. The normalized spacial score (nSPS) is 18.6. The fourth-order valence-corrected chi connectivity index (χ4v) is 4.26. The summed E-state index contributed by atoms with van der Waals surface area (Å²) in [6.07, 6.45) is 12.4. The highest BCUT2D eigenvalue weighted by Crippen LogP contribution is 2.24. The predicted octanol–water partition coefficient (Wildman–Crippen LogP) is 4.37. The first-order chi connectivity index (χ1) is 14.5. The number of carbonyl (C=O) groups is 1. The van der Waals surface area contributed by atoms with Gasteiger partial charge in [0.15, 0.2) is 5.78 Å². The van der Waals surface area contributed by atoms with Gasteiger partial charge in [0.1, 0.15) is 0 Å². The summed E-state index contributed by atoms with van der Waals surface area (Å²) < 4.78 is 30.1. The number of rotatable bonds is 5. The van der Waals surface area contributed by atoms with Crippen LogP contribution in [-0.2, 0) is 10.0 Å². The third-order valence-corrected chi connectivity index (χ3v) is 5.98. The average molecular weight is 417 g/mol. The molecule has 0 unspecified atom stereocenters. The Balaban J connectivity index is 1.86. The highest BCUT2D eigenvalue weighted by Gasteiger charge is 2.20. The number of fused-ring (bicyclic) bond motifs is 1. The van der Waals surface area contributed by atoms with Crippen molar-refractivity contribution in [1.29, 1.82) is 0 Å². The zero-order chi connectivity index (χ0) is 21.1. The number of aliphatic imine (C=N–C) groups is 1. The van der Waals surface area contributed by atoms with Crippen LogP contribution in [0.25, 0.3) is 5.52 Å². The third-order valence-electron chi connectivity index (χ3n) is 4.60. The van der Waals surface area contributed by atoms with Crippen molar-refractivity contribution in [3.05, 3.63) is 103 Å². The molecule has 1 aliphatic heterocycles. The van der Waals surface area contributed by atoms with E-state index in [4.69, 9.17) is 0 Å². The molecule has 0 saturated heterocycles. The lowest BCUT2D eigenvalue weighted by Gasteiger charge is -2.09. The van der Waals surface area contributed by atoms with E-state index in [9.17, 15) is 13.2 Å². The summed E-state index contributed by atoms with van der Waals surface area (Å²) in [4.78, 5) is 16.7. The van der Waals surface area contributed by atoms with Crippen molar-refractivity contribution in [3.8, 4) is 0 Å². The molecule has 3 heterocycles. The van der Waals surface area contributed by atoms with Crippen molar-refractivity contribution in [2.45, 2.75) is 11.8 Å². The van der Waals surface area contributed by atoms with Crippen molar-refractivity contribution in [3.63, 3.8) is 0 Å². The minimum Gasteiger partial charge on any atom is -0.313 e. The molecule has 1 aromatic carbocycles. The summed E-state index contributed by atoms with van der Waals surface area (Å²) in [7, 11) is -3.81. The number of Topliss-reactive ketones (excluding diaryl/α,β-unsaturated/α-hetero) is 1. The Hall–Kier alpha value is -3.71. The van der Waals surface area contributed by atoms with Crippen LogP contribution < -0.4 is 4.72 Å². The predicted molar refractivity (Wildman–Crippen MR) is 119 cm³/mol. The molecule has 4 rings (SSSR count). The lowest BCUT2D eigenvalue weighted by molar-refractivity contribution is 0.101. The van der Waals surface area contributed by atoms with Crippen LogP contribution in [0.5, 0.6) is 0 Å². The van der Waals surface area contributed by atoms with Crippen molar-refractivity contribution < 1.29 is 13.2 Å². The molecule has 150 valence electrons. The first kappa shape index (κ1) is 19.6. The molecule has 7 heteroatoms. The molecule has 0 spiro atoms. The summed E-state index contributed by atoms with van der Waals surface area (Å²) in [5.41, 5.74) is 2.82. The van der Waals surface area contributed by atoms with Gasteiger partial charge in [0.25, 0.3) is 10.0 Å². The average Bonchev–Trinajstić information content (AvgIpc) is 3.07. The molecule has 0 amide bonds. The molecule has 0 atom stereocenters. The molecule has 0 saturated carbocycles. The van der Waals surface area contributed by atoms with Crippen molar-refractivity contribution >= 4 is 32.7 Å². The van der Waals surface area contributed by atoms with Gasteiger partial charge in [0, 0.05) is 30.6 Å². The van der Waals surface area contributed by atoms with Gasteiger partial charge < -0.3 is 4.40 Å². The zero-order valence-corrected chi connectivity index (χ0v) is 17.0. The Morgan fingerprint density at radius 1 is 1.00 bits per heavy atom. The number of sulfonamides is 1. The number of hydrogen-bond acceptors (Lipinski definition) is 4. The molecule has 2 aromatic heterocycles. The van der Waals surface area contributed by atoms with Crippen LogP contribution >= 0.6 is 0 Å². The number of nitrogens with one attached hydrogen (secondary N) is 1. The van der Waals surface area contributed by atoms with Gasteiger partial charge in [0.2, 0.25) is 0 Å². The summed E-state index contributed by atoms with van der Waals surface area (Å²) >= 11 is 0. The molecule has 1 N–H and O–H groups in total. The van der Waals surface area contributed by atoms with E-state index in [1.54, 1.807) is 59.3 Å². The molecular weight excluding hydrogens is 398 g/mol. The number of para-hydroxylation sites is 1. The standard InChI is InChI=1S/C23H19N3O3S/c1-17(27)22-16-20(21-11-7-2-3-8-13-24-21)23-15-19(12-14-26(22)23)30(28,29)25-18-9-5-4-6-10-18/h2-16,25H,1H3/b3-2+,7-2?,8-3?,11-7-,13-8-,21-11?,24-13?,24-21-. The van der Waals surface area contributed by atoms with E-state index in [0.29, 0.717) is 28.2 Å². The molecular formula is C23H19N3O3S. The van der Waals surface area contributed by atoms with Crippen molar-refractivity contribution in [2.75, 3.05) is 4.72 Å². The molecule has 1 aliphatic rings. The van der Waals surface area contributed by atoms with Gasteiger partial charge in [-0.05, 0) is 42.5 Å². The van der Waals surface area contributed by atoms with Crippen LogP contribution in [0, 0.1) is 0 Å². The number of allylic oxidation sites excluding steroid dienone is 5. The molecule has 0 aliphatic carbocycles. The molecule has 0 radical (unpaired) electrons. The number of pyridine rings is 1. The second kappa shape index (κ2) is 7.96. The van der Waals surface area contributed by atoms with Crippen LogP contribution in [-0.4, -0.2) is 24.3 Å². The summed E-state index contributed by atoms with van der Waals surface area (Å²) in [5, 5.41) is 0. The van der Waals surface area contributed by atoms with E-state index in [-0.39, 0.29) is 10.7 Å². The molecule has 3 aromatic rings. The number of anilines is 1. The zero-order valence-electron chi connectivity index (χ0n) is 16.2. The number of carbonyl (C=O) groups excluding carboxylic acids is 1. The van der Waals surface area contributed by atoms with Crippen LogP contribution in [0.4, 0.5) is 5.69 Å². The smallest absolute Gasteiger partial charge is 0.262 e. The largest absolute Gasteiger partial charge is 0.313 e. The lowest BCUT2D eigenvalue weighted by atomic mass is 10.1. The van der Waals surface area contributed by atoms with Gasteiger partial charge in [-0.15, -0.1) is 0 Å².